The van der Waals surface area contributed by atoms with E-state index in [0.29, 0.717) is 5.56 Å². The van der Waals surface area contributed by atoms with Crippen molar-refractivity contribution >= 4 is 11.5 Å². The second-order valence-electron chi connectivity index (χ2n) is 6.97. The zero-order chi connectivity index (χ0) is 15.3. The van der Waals surface area contributed by atoms with Gasteiger partial charge in [0.05, 0.1) is 4.92 Å². The van der Waals surface area contributed by atoms with E-state index in [4.69, 9.17) is 0 Å². The molecule has 3 unspecified atom stereocenters. The van der Waals surface area contributed by atoms with Crippen LogP contribution in [0.5, 0.6) is 0 Å². The first-order chi connectivity index (χ1) is 10.6. The topological polar surface area (TPSA) is 62.5 Å². The Balaban J connectivity index is 1.52. The van der Waals surface area contributed by atoms with Gasteiger partial charge >= 0.3 is 0 Å². The summed E-state index contributed by atoms with van der Waals surface area (Å²) in [6.07, 6.45) is 5.45. The largest absolute Gasteiger partial charge is 0.356 e. The summed E-state index contributed by atoms with van der Waals surface area (Å²) in [7, 11) is 0. The lowest BCUT2D eigenvalue weighted by Crippen LogP contribution is -2.40. The highest BCUT2D eigenvalue weighted by Crippen LogP contribution is 2.41. The van der Waals surface area contributed by atoms with E-state index >= 15 is 0 Å². The molecule has 0 saturated carbocycles. The first kappa shape index (κ1) is 13.9. The summed E-state index contributed by atoms with van der Waals surface area (Å²) in [4.78, 5) is 19.9. The lowest BCUT2D eigenvalue weighted by molar-refractivity contribution is -0.385. The van der Waals surface area contributed by atoms with Crippen LogP contribution in [0.15, 0.2) is 12.3 Å². The molecule has 3 aliphatic heterocycles. The first-order valence-electron chi connectivity index (χ1n) is 8.23. The van der Waals surface area contributed by atoms with Crippen molar-refractivity contribution < 1.29 is 4.92 Å². The molecule has 0 aromatic carbocycles. The van der Waals surface area contributed by atoms with Crippen molar-refractivity contribution in [2.75, 3.05) is 31.1 Å². The van der Waals surface area contributed by atoms with E-state index in [1.807, 2.05) is 6.07 Å². The molecule has 4 rings (SSSR count). The molecule has 3 atom stereocenters. The molecule has 0 bridgehead atoms. The Kier molecular flexibility index (Phi) is 3.29. The summed E-state index contributed by atoms with van der Waals surface area (Å²) in [5.41, 5.74) is 0.813. The number of nitro groups is 1. The Bertz CT molecular complexity index is 606. The van der Waals surface area contributed by atoms with Crippen LogP contribution in [0, 0.1) is 28.9 Å². The molecule has 4 heterocycles. The normalized spacial score (nSPS) is 31.1. The van der Waals surface area contributed by atoms with Crippen LogP contribution in [-0.2, 0) is 0 Å². The van der Waals surface area contributed by atoms with Crippen molar-refractivity contribution in [3.63, 3.8) is 0 Å². The number of aryl methyl sites for hydroxylation is 1. The van der Waals surface area contributed by atoms with Crippen LogP contribution in [0.4, 0.5) is 11.5 Å². The Morgan fingerprint density at radius 2 is 2.18 bits per heavy atom. The number of hydrogen-bond acceptors (Lipinski definition) is 5. The van der Waals surface area contributed by atoms with Crippen molar-refractivity contribution in [2.45, 2.75) is 32.2 Å². The van der Waals surface area contributed by atoms with E-state index in [1.54, 1.807) is 6.92 Å². The molecule has 3 saturated heterocycles. The Hall–Kier alpha value is -1.69. The lowest BCUT2D eigenvalue weighted by atomic mass is 9.90. The van der Waals surface area contributed by atoms with Gasteiger partial charge in [-0.05, 0) is 44.2 Å². The van der Waals surface area contributed by atoms with Crippen molar-refractivity contribution in [3.05, 3.63) is 27.9 Å². The molecule has 0 amide bonds. The highest BCUT2D eigenvalue weighted by molar-refractivity contribution is 5.49. The summed E-state index contributed by atoms with van der Waals surface area (Å²) < 4.78 is 0. The Morgan fingerprint density at radius 3 is 2.95 bits per heavy atom. The fourth-order valence-electron chi connectivity index (χ4n) is 4.64. The quantitative estimate of drug-likeness (QED) is 0.619. The van der Waals surface area contributed by atoms with E-state index in [2.05, 4.69) is 14.8 Å². The highest BCUT2D eigenvalue weighted by atomic mass is 16.6. The van der Waals surface area contributed by atoms with Crippen LogP contribution < -0.4 is 4.90 Å². The van der Waals surface area contributed by atoms with Crippen LogP contribution in [0.3, 0.4) is 0 Å². The average Bonchev–Trinajstić information content (AvgIpc) is 3.04. The van der Waals surface area contributed by atoms with Crippen LogP contribution in [-0.4, -0.2) is 47.0 Å². The van der Waals surface area contributed by atoms with E-state index in [1.165, 1.54) is 38.5 Å². The molecule has 0 N–H and O–H groups in total. The molecular weight excluding hydrogens is 280 g/mol. The van der Waals surface area contributed by atoms with Crippen LogP contribution in [0.1, 0.15) is 24.8 Å². The molecule has 0 aliphatic carbocycles. The molecule has 6 heteroatoms. The molecule has 0 spiro atoms. The van der Waals surface area contributed by atoms with Gasteiger partial charge in [-0.15, -0.1) is 0 Å². The SMILES string of the molecule is Cc1cc(N2CC3CN4CCCCC4C3C2)ncc1[N+](=O)[O-]. The van der Waals surface area contributed by atoms with Crippen LogP contribution in [0.2, 0.25) is 0 Å². The maximum Gasteiger partial charge on any atom is 0.290 e. The third-order valence-corrected chi connectivity index (χ3v) is 5.71. The lowest BCUT2D eigenvalue weighted by Gasteiger charge is -2.33. The third kappa shape index (κ3) is 2.17. The van der Waals surface area contributed by atoms with E-state index in [0.717, 1.165) is 36.8 Å². The van der Waals surface area contributed by atoms with Gasteiger partial charge in [0.15, 0.2) is 0 Å². The second kappa shape index (κ2) is 5.19. The minimum Gasteiger partial charge on any atom is -0.356 e. The fraction of sp³-hybridized carbons (Fsp3) is 0.688. The molecule has 118 valence electrons. The molecule has 1 aromatic heterocycles. The van der Waals surface area contributed by atoms with Gasteiger partial charge in [-0.2, -0.15) is 0 Å². The zero-order valence-electron chi connectivity index (χ0n) is 12.9. The number of anilines is 1. The average molecular weight is 302 g/mol. The van der Waals surface area contributed by atoms with Gasteiger partial charge in [0, 0.05) is 31.2 Å². The smallest absolute Gasteiger partial charge is 0.290 e. The molecule has 1 aromatic rings. The summed E-state index contributed by atoms with van der Waals surface area (Å²) in [5.74, 6) is 2.39. The maximum atomic E-state index is 10.9. The molecule has 3 fully saturated rings. The van der Waals surface area contributed by atoms with Gasteiger partial charge in [0.2, 0.25) is 0 Å². The number of pyridine rings is 1. The summed E-state index contributed by atoms with van der Waals surface area (Å²) >= 11 is 0. The Morgan fingerprint density at radius 1 is 1.32 bits per heavy atom. The molecule has 0 radical (unpaired) electrons. The van der Waals surface area contributed by atoms with Crippen LogP contribution >= 0.6 is 0 Å². The molecule has 22 heavy (non-hydrogen) atoms. The van der Waals surface area contributed by atoms with E-state index in [-0.39, 0.29) is 10.6 Å². The zero-order valence-corrected chi connectivity index (χ0v) is 12.9. The van der Waals surface area contributed by atoms with Gasteiger partial charge < -0.3 is 4.90 Å². The van der Waals surface area contributed by atoms with Gasteiger partial charge in [0.1, 0.15) is 12.0 Å². The highest BCUT2D eigenvalue weighted by Gasteiger charge is 2.47. The minimum atomic E-state index is -0.356. The monoisotopic (exact) mass is 302 g/mol. The minimum absolute atomic E-state index is 0.113. The summed E-state index contributed by atoms with van der Waals surface area (Å²) in [6, 6.07) is 2.63. The van der Waals surface area contributed by atoms with Gasteiger partial charge in [-0.1, -0.05) is 6.42 Å². The number of fused-ring (bicyclic) bond motifs is 3. The third-order valence-electron chi connectivity index (χ3n) is 5.71. The van der Waals surface area contributed by atoms with Crippen molar-refractivity contribution in [3.8, 4) is 0 Å². The Labute approximate surface area is 130 Å². The maximum absolute atomic E-state index is 10.9. The van der Waals surface area contributed by atoms with Gasteiger partial charge in [0.25, 0.3) is 5.69 Å². The van der Waals surface area contributed by atoms with Crippen molar-refractivity contribution in [1.82, 2.24) is 9.88 Å². The van der Waals surface area contributed by atoms with Crippen LogP contribution in [0.25, 0.3) is 0 Å². The number of hydrogen-bond donors (Lipinski definition) is 0. The summed E-state index contributed by atoms with van der Waals surface area (Å²) in [5, 5.41) is 10.9. The number of nitrogens with zero attached hydrogens (tertiary/aromatic N) is 4. The molecular formula is C16H22N4O2. The molecule has 3 aliphatic rings. The first-order valence-corrected chi connectivity index (χ1v) is 8.23. The predicted molar refractivity (Wildman–Crippen MR) is 84.0 cm³/mol. The fourth-order valence-corrected chi connectivity index (χ4v) is 4.64. The van der Waals surface area contributed by atoms with E-state index < -0.39 is 0 Å². The molecule has 6 nitrogen and oxygen atoms in total. The number of aromatic nitrogens is 1. The number of rotatable bonds is 2. The van der Waals surface area contributed by atoms with Gasteiger partial charge in [-0.25, -0.2) is 4.98 Å². The summed E-state index contributed by atoms with van der Waals surface area (Å²) in [6.45, 7) is 6.38. The van der Waals surface area contributed by atoms with Crippen molar-refractivity contribution in [1.29, 1.82) is 0 Å². The second-order valence-corrected chi connectivity index (χ2v) is 6.97. The predicted octanol–water partition coefficient (Wildman–Crippen LogP) is 2.22. The number of piperidine rings is 1. The van der Waals surface area contributed by atoms with Gasteiger partial charge in [-0.3, -0.25) is 15.0 Å². The van der Waals surface area contributed by atoms with E-state index in [9.17, 15) is 10.1 Å². The standard InChI is InChI=1S/C16H22N4O2/c1-11-6-16(17-7-15(11)20(21)22)19-9-12-8-18-5-3-2-4-14(18)13(12)10-19/h6-7,12-14H,2-5,8-10H2,1H3. The van der Waals surface area contributed by atoms with Crippen molar-refractivity contribution in [2.24, 2.45) is 11.8 Å².